The topological polar surface area (TPSA) is 60.5 Å². The van der Waals surface area contributed by atoms with Gasteiger partial charge in [-0.05, 0) is 63.1 Å². The number of pyridine rings is 1. The third-order valence-corrected chi connectivity index (χ3v) is 5.76. The van der Waals surface area contributed by atoms with Crippen LogP contribution < -0.4 is 14.8 Å². The summed E-state index contributed by atoms with van der Waals surface area (Å²) in [6.07, 6.45) is 0. The van der Waals surface area contributed by atoms with Crippen LogP contribution in [0.1, 0.15) is 23.6 Å². The van der Waals surface area contributed by atoms with E-state index in [9.17, 15) is 4.79 Å². The van der Waals surface area contributed by atoms with Crippen LogP contribution in [0.25, 0.3) is 10.9 Å². The van der Waals surface area contributed by atoms with Crippen LogP contribution in [0.2, 0.25) is 0 Å². The molecular weight excluding hydrogens is 372 g/mol. The lowest BCUT2D eigenvalue weighted by atomic mass is 10.0. The minimum absolute atomic E-state index is 0.0796. The SMILES string of the molecule is Cc1cc(C)c2nc(SC(C)C(=O)Nc3ccc4c(c3)OCO4)cc(C)c2c1. The molecule has 0 saturated carbocycles. The molecule has 2 aromatic carbocycles. The summed E-state index contributed by atoms with van der Waals surface area (Å²) in [6.45, 7) is 8.36. The van der Waals surface area contributed by atoms with Crippen LogP contribution >= 0.6 is 11.8 Å². The van der Waals surface area contributed by atoms with Gasteiger partial charge in [0.1, 0.15) is 0 Å². The van der Waals surface area contributed by atoms with Crippen molar-refractivity contribution in [1.82, 2.24) is 4.98 Å². The van der Waals surface area contributed by atoms with Gasteiger partial charge in [-0.15, -0.1) is 0 Å². The third kappa shape index (κ3) is 3.64. The van der Waals surface area contributed by atoms with Gasteiger partial charge in [-0.2, -0.15) is 0 Å². The average Bonchev–Trinajstić information content (AvgIpc) is 3.10. The Labute approximate surface area is 168 Å². The van der Waals surface area contributed by atoms with Gasteiger partial charge < -0.3 is 14.8 Å². The molecule has 1 amide bonds. The molecule has 1 aromatic heterocycles. The van der Waals surface area contributed by atoms with Gasteiger partial charge in [0.25, 0.3) is 0 Å². The van der Waals surface area contributed by atoms with Crippen LogP contribution in [0.4, 0.5) is 5.69 Å². The lowest BCUT2D eigenvalue weighted by Crippen LogP contribution is -2.22. The lowest BCUT2D eigenvalue weighted by molar-refractivity contribution is -0.115. The number of hydrogen-bond acceptors (Lipinski definition) is 5. The summed E-state index contributed by atoms with van der Waals surface area (Å²) in [4.78, 5) is 17.4. The highest BCUT2D eigenvalue weighted by Gasteiger charge is 2.19. The van der Waals surface area contributed by atoms with Gasteiger partial charge in [-0.3, -0.25) is 4.79 Å². The van der Waals surface area contributed by atoms with Gasteiger partial charge in [-0.25, -0.2) is 4.98 Å². The number of benzene rings is 2. The molecule has 1 N–H and O–H groups in total. The maximum absolute atomic E-state index is 12.6. The van der Waals surface area contributed by atoms with Gasteiger partial charge in [-0.1, -0.05) is 23.4 Å². The maximum Gasteiger partial charge on any atom is 0.237 e. The van der Waals surface area contributed by atoms with Crippen molar-refractivity contribution in [3.05, 3.63) is 53.1 Å². The molecule has 1 atom stereocenters. The molecule has 144 valence electrons. The molecule has 0 radical (unpaired) electrons. The first-order valence-electron chi connectivity index (χ1n) is 9.16. The first-order chi connectivity index (χ1) is 13.4. The van der Waals surface area contributed by atoms with Crippen LogP contribution in [0.5, 0.6) is 11.5 Å². The molecule has 1 aliphatic rings. The van der Waals surface area contributed by atoms with E-state index in [1.807, 2.05) is 13.0 Å². The minimum atomic E-state index is -0.291. The van der Waals surface area contributed by atoms with E-state index in [1.165, 1.54) is 28.3 Å². The summed E-state index contributed by atoms with van der Waals surface area (Å²) < 4.78 is 10.7. The van der Waals surface area contributed by atoms with Crippen molar-refractivity contribution >= 4 is 34.3 Å². The van der Waals surface area contributed by atoms with Gasteiger partial charge in [0.05, 0.1) is 15.8 Å². The number of fused-ring (bicyclic) bond motifs is 2. The maximum atomic E-state index is 12.6. The molecule has 28 heavy (non-hydrogen) atoms. The highest BCUT2D eigenvalue weighted by Crippen LogP contribution is 2.35. The van der Waals surface area contributed by atoms with Gasteiger partial charge in [0.15, 0.2) is 11.5 Å². The number of aromatic nitrogens is 1. The number of nitrogens with zero attached hydrogens (tertiary/aromatic N) is 1. The number of rotatable bonds is 4. The van der Waals surface area contributed by atoms with Crippen LogP contribution in [0.15, 0.2) is 41.4 Å². The van der Waals surface area contributed by atoms with Crippen molar-refractivity contribution in [2.45, 2.75) is 38.0 Å². The highest BCUT2D eigenvalue weighted by molar-refractivity contribution is 8.00. The van der Waals surface area contributed by atoms with Gasteiger partial charge in [0, 0.05) is 17.1 Å². The second-order valence-corrected chi connectivity index (χ2v) is 8.43. The Bertz CT molecular complexity index is 1080. The van der Waals surface area contributed by atoms with E-state index in [1.54, 1.807) is 12.1 Å². The predicted molar refractivity (Wildman–Crippen MR) is 112 cm³/mol. The number of anilines is 1. The van der Waals surface area contributed by atoms with E-state index < -0.39 is 0 Å². The molecular formula is C22H22N2O3S. The third-order valence-electron chi connectivity index (χ3n) is 4.74. The van der Waals surface area contributed by atoms with E-state index in [2.05, 4.69) is 44.3 Å². The predicted octanol–water partition coefficient (Wildman–Crippen LogP) is 5.01. The number of carbonyl (C=O) groups excluding carboxylic acids is 1. The Kier molecular flexibility index (Phi) is 4.89. The van der Waals surface area contributed by atoms with E-state index in [0.717, 1.165) is 16.1 Å². The summed E-state index contributed by atoms with van der Waals surface area (Å²) in [5.74, 6) is 1.27. The van der Waals surface area contributed by atoms with Crippen molar-refractivity contribution in [3.63, 3.8) is 0 Å². The number of aryl methyl sites for hydroxylation is 3. The molecule has 0 spiro atoms. The Hall–Kier alpha value is -2.73. The molecule has 1 aliphatic heterocycles. The van der Waals surface area contributed by atoms with E-state index >= 15 is 0 Å². The summed E-state index contributed by atoms with van der Waals surface area (Å²) in [6, 6.07) is 11.7. The Morgan fingerprint density at radius 3 is 2.68 bits per heavy atom. The zero-order valence-corrected chi connectivity index (χ0v) is 17.1. The second kappa shape index (κ2) is 7.36. The van der Waals surface area contributed by atoms with Crippen molar-refractivity contribution in [2.75, 3.05) is 12.1 Å². The highest BCUT2D eigenvalue weighted by atomic mass is 32.2. The minimum Gasteiger partial charge on any atom is -0.454 e. The fourth-order valence-electron chi connectivity index (χ4n) is 3.33. The summed E-state index contributed by atoms with van der Waals surface area (Å²) in [5, 5.41) is 4.67. The average molecular weight is 394 g/mol. The van der Waals surface area contributed by atoms with Crippen molar-refractivity contribution in [2.24, 2.45) is 0 Å². The fraction of sp³-hybridized carbons (Fsp3) is 0.273. The number of nitrogens with one attached hydrogen (secondary N) is 1. The number of hydrogen-bond donors (Lipinski definition) is 1. The molecule has 4 rings (SSSR count). The second-order valence-electron chi connectivity index (χ2n) is 7.07. The number of amides is 1. The summed E-state index contributed by atoms with van der Waals surface area (Å²) in [7, 11) is 0. The molecule has 1 unspecified atom stereocenters. The standard InChI is InChI=1S/C22H22N2O3S/c1-12-7-14(3)21-17(8-12)13(2)9-20(24-21)28-15(4)22(25)23-16-5-6-18-19(10-16)27-11-26-18/h5-10,15H,11H2,1-4H3,(H,23,25). The normalized spacial score (nSPS) is 13.6. The zero-order valence-electron chi connectivity index (χ0n) is 16.3. The van der Waals surface area contributed by atoms with Crippen molar-refractivity contribution < 1.29 is 14.3 Å². The smallest absolute Gasteiger partial charge is 0.237 e. The largest absolute Gasteiger partial charge is 0.454 e. The van der Waals surface area contributed by atoms with E-state index in [0.29, 0.717) is 17.2 Å². The van der Waals surface area contributed by atoms with Crippen molar-refractivity contribution in [3.8, 4) is 11.5 Å². The lowest BCUT2D eigenvalue weighted by Gasteiger charge is -2.14. The summed E-state index contributed by atoms with van der Waals surface area (Å²) >= 11 is 1.46. The van der Waals surface area contributed by atoms with Crippen LogP contribution in [0, 0.1) is 20.8 Å². The molecule has 6 heteroatoms. The van der Waals surface area contributed by atoms with Crippen LogP contribution in [0.3, 0.4) is 0 Å². The fourth-order valence-corrected chi connectivity index (χ4v) is 4.24. The van der Waals surface area contributed by atoms with Gasteiger partial charge >= 0.3 is 0 Å². The quantitative estimate of drug-likeness (QED) is 0.631. The molecule has 3 aromatic rings. The molecule has 0 fully saturated rings. The molecule has 0 saturated heterocycles. The Morgan fingerprint density at radius 1 is 1.07 bits per heavy atom. The van der Waals surface area contributed by atoms with Gasteiger partial charge in [0.2, 0.25) is 12.7 Å². The molecule has 0 bridgehead atoms. The first-order valence-corrected chi connectivity index (χ1v) is 10.0. The molecule has 5 nitrogen and oxygen atoms in total. The number of carbonyl (C=O) groups is 1. The number of thioether (sulfide) groups is 1. The van der Waals surface area contributed by atoms with Crippen molar-refractivity contribution in [1.29, 1.82) is 0 Å². The molecule has 2 heterocycles. The Balaban J connectivity index is 1.51. The summed E-state index contributed by atoms with van der Waals surface area (Å²) in [5.41, 5.74) is 5.24. The Morgan fingerprint density at radius 2 is 1.86 bits per heavy atom. The molecule has 0 aliphatic carbocycles. The van der Waals surface area contributed by atoms with E-state index in [-0.39, 0.29) is 18.0 Å². The number of ether oxygens (including phenoxy) is 2. The first kappa shape index (κ1) is 18.6. The monoisotopic (exact) mass is 394 g/mol. The van der Waals surface area contributed by atoms with E-state index in [4.69, 9.17) is 14.5 Å². The van der Waals surface area contributed by atoms with Crippen LogP contribution in [-0.4, -0.2) is 22.9 Å². The zero-order chi connectivity index (χ0) is 19.8. The van der Waals surface area contributed by atoms with Crippen LogP contribution in [-0.2, 0) is 4.79 Å².